The Kier molecular flexibility index (Phi) is 4.30. The monoisotopic (exact) mass is 169 g/mol. The van der Waals surface area contributed by atoms with Crippen LogP contribution in [0.4, 0.5) is 0 Å². The third kappa shape index (κ3) is 2.94. The van der Waals surface area contributed by atoms with Crippen molar-refractivity contribution in [3.8, 4) is 0 Å². The average Bonchev–Trinajstić information content (AvgIpc) is 2.15. The first-order valence-electron chi connectivity index (χ1n) is 5.00. The Labute approximate surface area is 74.5 Å². The van der Waals surface area contributed by atoms with Crippen molar-refractivity contribution in [3.05, 3.63) is 0 Å². The van der Waals surface area contributed by atoms with Crippen LogP contribution in [0.5, 0.6) is 0 Å². The summed E-state index contributed by atoms with van der Waals surface area (Å²) < 4.78 is 0. The van der Waals surface area contributed by atoms with Crippen molar-refractivity contribution < 1.29 is 4.79 Å². The fraction of sp³-hybridized carbons (Fsp3) is 0.900. The molecular weight excluding hydrogens is 150 g/mol. The van der Waals surface area contributed by atoms with Crippen LogP contribution in [0.2, 0.25) is 0 Å². The van der Waals surface area contributed by atoms with Gasteiger partial charge in [0.25, 0.3) is 0 Å². The highest BCUT2D eigenvalue weighted by atomic mass is 16.1. The number of nitrogens with two attached hydrogens (primary N) is 1. The normalized spacial score (nSPS) is 30.1. The van der Waals surface area contributed by atoms with Crippen molar-refractivity contribution >= 4 is 6.29 Å². The predicted octanol–water partition coefficient (Wildman–Crippen LogP) is 1.73. The molecule has 2 heteroatoms. The topological polar surface area (TPSA) is 43.1 Å². The van der Waals surface area contributed by atoms with E-state index in [1.54, 1.807) is 0 Å². The Bertz CT molecular complexity index is 136. The van der Waals surface area contributed by atoms with Gasteiger partial charge in [0.05, 0.1) is 0 Å². The minimum Gasteiger partial charge on any atom is -0.330 e. The minimum absolute atomic E-state index is 0.732. The lowest BCUT2D eigenvalue weighted by atomic mass is 9.79. The lowest BCUT2D eigenvalue weighted by Crippen LogP contribution is -2.22. The van der Waals surface area contributed by atoms with Crippen molar-refractivity contribution in [2.24, 2.45) is 17.6 Å². The quantitative estimate of drug-likeness (QED) is 0.651. The molecule has 0 amide bonds. The first kappa shape index (κ1) is 9.72. The lowest BCUT2D eigenvalue weighted by Gasteiger charge is -2.27. The molecule has 0 saturated heterocycles. The highest BCUT2D eigenvalue weighted by Gasteiger charge is 2.20. The van der Waals surface area contributed by atoms with Crippen LogP contribution in [-0.2, 0) is 4.79 Å². The van der Waals surface area contributed by atoms with Gasteiger partial charge in [-0.1, -0.05) is 12.8 Å². The van der Waals surface area contributed by atoms with E-state index in [4.69, 9.17) is 5.73 Å². The van der Waals surface area contributed by atoms with Gasteiger partial charge in [0.2, 0.25) is 0 Å². The largest absolute Gasteiger partial charge is 0.330 e. The third-order valence-corrected chi connectivity index (χ3v) is 2.92. The lowest BCUT2D eigenvalue weighted by molar-refractivity contribution is -0.108. The van der Waals surface area contributed by atoms with Crippen molar-refractivity contribution in [3.63, 3.8) is 0 Å². The molecule has 0 aliphatic heterocycles. The number of hydrogen-bond acceptors (Lipinski definition) is 2. The van der Waals surface area contributed by atoms with Crippen LogP contribution in [0.1, 0.15) is 38.5 Å². The highest BCUT2D eigenvalue weighted by Crippen LogP contribution is 2.30. The van der Waals surface area contributed by atoms with E-state index in [9.17, 15) is 4.79 Å². The Morgan fingerprint density at radius 2 is 2.08 bits per heavy atom. The molecule has 0 bridgehead atoms. The van der Waals surface area contributed by atoms with E-state index in [-0.39, 0.29) is 0 Å². The molecule has 70 valence electrons. The van der Waals surface area contributed by atoms with Crippen LogP contribution in [0, 0.1) is 11.8 Å². The smallest absolute Gasteiger partial charge is 0.120 e. The van der Waals surface area contributed by atoms with Gasteiger partial charge in [0.1, 0.15) is 6.29 Å². The summed E-state index contributed by atoms with van der Waals surface area (Å²) in [6.07, 6.45) is 8.03. The van der Waals surface area contributed by atoms with Crippen LogP contribution in [-0.4, -0.2) is 12.8 Å². The van der Waals surface area contributed by atoms with Gasteiger partial charge in [-0.2, -0.15) is 0 Å². The molecule has 2 nitrogen and oxygen atoms in total. The van der Waals surface area contributed by atoms with E-state index in [0.717, 1.165) is 37.5 Å². The van der Waals surface area contributed by atoms with Crippen molar-refractivity contribution in [1.82, 2.24) is 0 Å². The summed E-state index contributed by atoms with van der Waals surface area (Å²) in [7, 11) is 0. The summed E-state index contributed by atoms with van der Waals surface area (Å²) in [5, 5.41) is 0. The SMILES string of the molecule is NCC1CCCC(CCC=O)C1. The Morgan fingerprint density at radius 3 is 2.75 bits per heavy atom. The summed E-state index contributed by atoms with van der Waals surface area (Å²) in [6, 6.07) is 0. The molecule has 1 aliphatic carbocycles. The van der Waals surface area contributed by atoms with Gasteiger partial charge in [-0.3, -0.25) is 0 Å². The molecule has 1 aliphatic rings. The standard InChI is InChI=1S/C10H19NO/c11-8-10-4-1-3-9(7-10)5-2-6-12/h6,9-10H,1-5,7-8,11H2. The van der Waals surface area contributed by atoms with E-state index in [2.05, 4.69) is 0 Å². The van der Waals surface area contributed by atoms with Gasteiger partial charge in [-0.15, -0.1) is 0 Å². The minimum atomic E-state index is 0.732. The first-order chi connectivity index (χ1) is 5.86. The summed E-state index contributed by atoms with van der Waals surface area (Å²) in [5.41, 5.74) is 5.62. The molecule has 2 N–H and O–H groups in total. The Balaban J connectivity index is 2.20. The molecule has 0 heterocycles. The molecule has 1 fully saturated rings. The Morgan fingerprint density at radius 1 is 1.33 bits per heavy atom. The van der Waals surface area contributed by atoms with Crippen LogP contribution in [0.15, 0.2) is 0 Å². The summed E-state index contributed by atoms with van der Waals surface area (Å²) in [5.74, 6) is 1.51. The number of rotatable bonds is 4. The summed E-state index contributed by atoms with van der Waals surface area (Å²) in [6.45, 7) is 0.831. The van der Waals surface area contributed by atoms with Crippen LogP contribution in [0.25, 0.3) is 0 Å². The van der Waals surface area contributed by atoms with Crippen molar-refractivity contribution in [2.45, 2.75) is 38.5 Å². The maximum Gasteiger partial charge on any atom is 0.120 e. The first-order valence-corrected chi connectivity index (χ1v) is 5.00. The second-order valence-corrected chi connectivity index (χ2v) is 3.88. The molecule has 1 saturated carbocycles. The number of hydrogen-bond donors (Lipinski definition) is 1. The molecule has 0 spiro atoms. The van der Waals surface area contributed by atoms with Gasteiger partial charge in [0, 0.05) is 6.42 Å². The Hall–Kier alpha value is -0.370. The molecule has 0 radical (unpaired) electrons. The molecular formula is C10H19NO. The van der Waals surface area contributed by atoms with E-state index in [1.807, 2.05) is 0 Å². The molecule has 0 aromatic heterocycles. The molecule has 2 atom stereocenters. The third-order valence-electron chi connectivity index (χ3n) is 2.92. The van der Waals surface area contributed by atoms with Crippen LogP contribution in [0.3, 0.4) is 0 Å². The summed E-state index contributed by atoms with van der Waals surface area (Å²) in [4.78, 5) is 10.2. The second-order valence-electron chi connectivity index (χ2n) is 3.88. The van der Waals surface area contributed by atoms with Crippen LogP contribution >= 0.6 is 0 Å². The van der Waals surface area contributed by atoms with Gasteiger partial charge >= 0.3 is 0 Å². The number of carbonyl (C=O) groups is 1. The van der Waals surface area contributed by atoms with Gasteiger partial charge in [0.15, 0.2) is 0 Å². The average molecular weight is 169 g/mol. The van der Waals surface area contributed by atoms with Gasteiger partial charge in [-0.25, -0.2) is 0 Å². The van der Waals surface area contributed by atoms with E-state index < -0.39 is 0 Å². The van der Waals surface area contributed by atoms with Gasteiger partial charge in [-0.05, 0) is 37.6 Å². The zero-order chi connectivity index (χ0) is 8.81. The maximum atomic E-state index is 10.2. The predicted molar refractivity (Wildman–Crippen MR) is 49.8 cm³/mol. The van der Waals surface area contributed by atoms with E-state index >= 15 is 0 Å². The zero-order valence-corrected chi connectivity index (χ0v) is 7.67. The molecule has 1 rings (SSSR count). The van der Waals surface area contributed by atoms with Crippen LogP contribution < -0.4 is 5.73 Å². The van der Waals surface area contributed by atoms with E-state index in [0.29, 0.717) is 0 Å². The van der Waals surface area contributed by atoms with Crippen molar-refractivity contribution in [1.29, 1.82) is 0 Å². The summed E-state index contributed by atoms with van der Waals surface area (Å²) >= 11 is 0. The van der Waals surface area contributed by atoms with E-state index in [1.165, 1.54) is 25.7 Å². The molecule has 12 heavy (non-hydrogen) atoms. The molecule has 0 aromatic carbocycles. The maximum absolute atomic E-state index is 10.2. The molecule has 2 unspecified atom stereocenters. The number of aldehydes is 1. The van der Waals surface area contributed by atoms with Crippen molar-refractivity contribution in [2.75, 3.05) is 6.54 Å². The van der Waals surface area contributed by atoms with Gasteiger partial charge < -0.3 is 10.5 Å². The second kappa shape index (κ2) is 5.31. The number of carbonyl (C=O) groups excluding carboxylic acids is 1. The highest BCUT2D eigenvalue weighted by molar-refractivity contribution is 5.49. The fourth-order valence-corrected chi connectivity index (χ4v) is 2.18. The molecule has 0 aromatic rings. The zero-order valence-electron chi connectivity index (χ0n) is 7.67. The fourth-order valence-electron chi connectivity index (χ4n) is 2.18.